The molecule has 0 amide bonds. The third-order valence-corrected chi connectivity index (χ3v) is 13.4. The van der Waals surface area contributed by atoms with Crippen molar-refractivity contribution in [3.05, 3.63) is 229 Å². The molecule has 3 heteroatoms. The van der Waals surface area contributed by atoms with Gasteiger partial charge in [0.2, 0.25) is 0 Å². The van der Waals surface area contributed by atoms with Crippen molar-refractivity contribution in [2.24, 2.45) is 0 Å². The highest BCUT2D eigenvalue weighted by Crippen LogP contribution is 2.63. The average Bonchev–Trinajstić information content (AvgIpc) is 3.59. The van der Waals surface area contributed by atoms with E-state index < -0.39 is 5.41 Å². The van der Waals surface area contributed by atoms with Gasteiger partial charge in [-0.3, -0.25) is 0 Å². The fourth-order valence-corrected chi connectivity index (χ4v) is 10.9. The van der Waals surface area contributed by atoms with Gasteiger partial charge < -0.3 is 0 Å². The Balaban J connectivity index is 0.988. The maximum Gasteiger partial charge on any atom is 0.160 e. The molecule has 9 aromatic carbocycles. The molecule has 0 unspecified atom stereocenters. The maximum absolute atomic E-state index is 5.24. The zero-order chi connectivity index (χ0) is 38.2. The normalized spacial score (nSPS) is 13.2. The number of fused-ring (bicyclic) bond motifs is 12. The molecular weight excluding hydrogens is 721 g/mol. The summed E-state index contributed by atoms with van der Waals surface area (Å²) in [5, 5.41) is 4.94. The molecule has 270 valence electrons. The van der Waals surface area contributed by atoms with Gasteiger partial charge in [0.05, 0.1) is 16.8 Å². The van der Waals surface area contributed by atoms with Crippen LogP contribution in [-0.2, 0) is 5.41 Å². The van der Waals surface area contributed by atoms with Crippen LogP contribution in [0, 0.1) is 0 Å². The van der Waals surface area contributed by atoms with Crippen LogP contribution in [0.5, 0.6) is 0 Å². The van der Waals surface area contributed by atoms with Gasteiger partial charge in [-0.15, -0.1) is 0 Å². The maximum atomic E-state index is 5.24. The Hall–Kier alpha value is -7.07. The number of rotatable bonds is 4. The Bertz CT molecular complexity index is 3210. The van der Waals surface area contributed by atoms with Gasteiger partial charge in [0, 0.05) is 26.5 Å². The predicted octanol–water partition coefficient (Wildman–Crippen LogP) is 14.3. The van der Waals surface area contributed by atoms with Gasteiger partial charge in [-0.25, -0.2) is 9.97 Å². The SMILES string of the molecule is c1ccc(-c2cc(-c3ccc4c(ccc5ccccc54)c3)nc(-c3ccc(-c4cccc5c4Sc4ccccc4C54c5ccccc5-c5ccccc54)cc3)n2)cc1. The number of nitrogens with zero attached hydrogens (tertiary/aromatic N) is 2. The van der Waals surface area contributed by atoms with Gasteiger partial charge >= 0.3 is 0 Å². The standard InChI is InChI=1S/C55H34N2S/c1-2-14-37(15-3-1)50-34-51(40-31-32-42-39(33-40)30-27-35-13-4-5-16-41(35)42)57-54(56-50)38-28-25-36(26-29-38)43-19-12-23-49-53(43)58-52-24-11-10-22-48(52)55(49)46-20-8-6-17-44(46)45-18-7-9-21-47(45)55/h1-34H. The first kappa shape index (κ1) is 33.1. The van der Waals surface area contributed by atoms with Crippen LogP contribution in [0.1, 0.15) is 22.3 Å². The molecule has 0 radical (unpaired) electrons. The van der Waals surface area contributed by atoms with E-state index in [-0.39, 0.29) is 0 Å². The molecular formula is C55H34N2S. The zero-order valence-electron chi connectivity index (χ0n) is 31.4. The Labute approximate surface area is 341 Å². The van der Waals surface area contributed by atoms with E-state index in [1.165, 1.54) is 75.8 Å². The van der Waals surface area contributed by atoms with Gasteiger partial charge in [0.1, 0.15) is 0 Å². The summed E-state index contributed by atoms with van der Waals surface area (Å²) in [6.07, 6.45) is 0. The first-order valence-corrected chi connectivity index (χ1v) is 20.6. The van der Waals surface area contributed by atoms with Crippen LogP contribution in [-0.4, -0.2) is 9.97 Å². The van der Waals surface area contributed by atoms with Gasteiger partial charge in [0.15, 0.2) is 5.82 Å². The Morgan fingerprint density at radius 1 is 0.345 bits per heavy atom. The quantitative estimate of drug-likeness (QED) is 0.167. The van der Waals surface area contributed by atoms with E-state index in [1.807, 2.05) is 17.8 Å². The highest BCUT2D eigenvalue weighted by Gasteiger charge is 2.50. The minimum absolute atomic E-state index is 0.404. The van der Waals surface area contributed by atoms with E-state index in [4.69, 9.17) is 9.97 Å². The second kappa shape index (κ2) is 13.0. The number of hydrogen-bond donors (Lipinski definition) is 0. The highest BCUT2D eigenvalue weighted by molar-refractivity contribution is 7.99. The molecule has 2 nitrogen and oxygen atoms in total. The van der Waals surface area contributed by atoms with E-state index in [0.29, 0.717) is 5.82 Å². The minimum Gasteiger partial charge on any atom is -0.228 e. The fourth-order valence-electron chi connectivity index (χ4n) is 9.56. The summed E-state index contributed by atoms with van der Waals surface area (Å²) in [6.45, 7) is 0. The second-order valence-corrected chi connectivity index (χ2v) is 16.3. The topological polar surface area (TPSA) is 25.8 Å². The van der Waals surface area contributed by atoms with Crippen molar-refractivity contribution in [1.82, 2.24) is 9.97 Å². The molecule has 10 aromatic rings. The van der Waals surface area contributed by atoms with Gasteiger partial charge in [-0.1, -0.05) is 200 Å². The molecule has 0 saturated heterocycles. The highest BCUT2D eigenvalue weighted by atomic mass is 32.2. The summed E-state index contributed by atoms with van der Waals surface area (Å²) in [4.78, 5) is 13.0. The summed E-state index contributed by atoms with van der Waals surface area (Å²) in [5.74, 6) is 0.707. The van der Waals surface area contributed by atoms with E-state index in [2.05, 4.69) is 200 Å². The minimum atomic E-state index is -0.404. The molecule has 1 spiro atoms. The first-order chi connectivity index (χ1) is 28.7. The van der Waals surface area contributed by atoms with Crippen LogP contribution >= 0.6 is 11.8 Å². The van der Waals surface area contributed by atoms with Crippen LogP contribution < -0.4 is 0 Å². The van der Waals surface area contributed by atoms with E-state index in [9.17, 15) is 0 Å². The van der Waals surface area contributed by atoms with E-state index in [0.717, 1.165) is 28.1 Å². The number of benzene rings is 9. The lowest BCUT2D eigenvalue weighted by atomic mass is 9.67. The van der Waals surface area contributed by atoms with Crippen LogP contribution in [0.2, 0.25) is 0 Å². The van der Waals surface area contributed by atoms with Crippen LogP contribution in [0.4, 0.5) is 0 Å². The molecule has 1 aromatic heterocycles. The Kier molecular flexibility index (Phi) is 7.41. The smallest absolute Gasteiger partial charge is 0.160 e. The van der Waals surface area contributed by atoms with Crippen molar-refractivity contribution in [2.45, 2.75) is 15.2 Å². The fraction of sp³-hybridized carbons (Fsp3) is 0.0182. The van der Waals surface area contributed by atoms with Crippen molar-refractivity contribution in [2.75, 3.05) is 0 Å². The van der Waals surface area contributed by atoms with Crippen LogP contribution in [0.3, 0.4) is 0 Å². The molecule has 2 aliphatic rings. The lowest BCUT2D eigenvalue weighted by Crippen LogP contribution is -2.32. The largest absolute Gasteiger partial charge is 0.228 e. The molecule has 0 bridgehead atoms. The Morgan fingerprint density at radius 2 is 0.914 bits per heavy atom. The van der Waals surface area contributed by atoms with Crippen molar-refractivity contribution >= 4 is 33.3 Å². The van der Waals surface area contributed by atoms with E-state index in [1.54, 1.807) is 0 Å². The molecule has 0 fully saturated rings. The lowest BCUT2D eigenvalue weighted by Gasteiger charge is -2.40. The Morgan fingerprint density at radius 3 is 1.71 bits per heavy atom. The molecule has 0 atom stereocenters. The average molecular weight is 755 g/mol. The summed E-state index contributed by atoms with van der Waals surface area (Å²) in [6, 6.07) is 74.9. The lowest BCUT2D eigenvalue weighted by molar-refractivity contribution is 0.723. The van der Waals surface area contributed by atoms with Gasteiger partial charge in [-0.05, 0) is 84.3 Å². The molecule has 0 saturated carbocycles. The molecule has 2 heterocycles. The molecule has 1 aliphatic carbocycles. The third kappa shape index (κ3) is 4.93. The molecule has 12 rings (SSSR count). The van der Waals surface area contributed by atoms with Crippen LogP contribution in [0.25, 0.3) is 77.7 Å². The van der Waals surface area contributed by atoms with Gasteiger partial charge in [-0.2, -0.15) is 0 Å². The monoisotopic (exact) mass is 754 g/mol. The molecule has 1 aliphatic heterocycles. The van der Waals surface area contributed by atoms with E-state index >= 15 is 0 Å². The van der Waals surface area contributed by atoms with Crippen molar-refractivity contribution in [1.29, 1.82) is 0 Å². The summed E-state index contributed by atoms with van der Waals surface area (Å²) in [7, 11) is 0. The summed E-state index contributed by atoms with van der Waals surface area (Å²) >= 11 is 1.89. The zero-order valence-corrected chi connectivity index (χ0v) is 32.2. The van der Waals surface area contributed by atoms with Crippen molar-refractivity contribution < 1.29 is 0 Å². The van der Waals surface area contributed by atoms with Gasteiger partial charge in [0.25, 0.3) is 0 Å². The number of aromatic nitrogens is 2. The first-order valence-electron chi connectivity index (χ1n) is 19.8. The molecule has 0 N–H and O–H groups in total. The van der Waals surface area contributed by atoms with Crippen LogP contribution in [0.15, 0.2) is 216 Å². The molecule has 58 heavy (non-hydrogen) atoms. The van der Waals surface area contributed by atoms with Crippen molar-refractivity contribution in [3.8, 4) is 56.2 Å². The summed E-state index contributed by atoms with van der Waals surface area (Å²) < 4.78 is 0. The summed E-state index contributed by atoms with van der Waals surface area (Å²) in [5.41, 5.74) is 14.9. The third-order valence-electron chi connectivity index (χ3n) is 12.2. The predicted molar refractivity (Wildman–Crippen MR) is 240 cm³/mol. The second-order valence-electron chi connectivity index (χ2n) is 15.2. The van der Waals surface area contributed by atoms with Crippen molar-refractivity contribution in [3.63, 3.8) is 0 Å². The number of hydrogen-bond acceptors (Lipinski definition) is 3.